The number of carbonyl (C=O) groups is 1. The molecule has 0 radical (unpaired) electrons. The fourth-order valence-electron chi connectivity index (χ4n) is 1.08. The summed E-state index contributed by atoms with van der Waals surface area (Å²) in [5.74, 6) is -0.270. The van der Waals surface area contributed by atoms with Crippen LogP contribution in [0.2, 0.25) is 0 Å². The predicted molar refractivity (Wildman–Crippen MR) is 57.5 cm³/mol. The number of ether oxygens (including phenoxy) is 1. The normalized spacial score (nSPS) is 12.2. The highest BCUT2D eigenvalue weighted by Gasteiger charge is 2.13. The van der Waals surface area contributed by atoms with Crippen LogP contribution in [0.3, 0.4) is 0 Å². The number of aromatic nitrogens is 1. The fraction of sp³-hybridized carbons (Fsp3) is 0.400. The van der Waals surface area contributed by atoms with Crippen LogP contribution >= 0.6 is 0 Å². The van der Waals surface area contributed by atoms with Crippen LogP contribution in [0.1, 0.15) is 5.56 Å². The van der Waals surface area contributed by atoms with Crippen LogP contribution in [0, 0.1) is 6.92 Å². The molecule has 15 heavy (non-hydrogen) atoms. The number of carbonyl (C=O) groups excluding carboxylic acids is 1. The number of nitrogens with two attached hydrogens (primary N) is 1. The molecule has 0 fully saturated rings. The molecule has 0 aromatic carbocycles. The Morgan fingerprint density at radius 1 is 1.73 bits per heavy atom. The molecule has 0 aliphatic carbocycles. The molecule has 3 N–H and O–H groups in total. The third-order valence-corrected chi connectivity index (χ3v) is 1.98. The summed E-state index contributed by atoms with van der Waals surface area (Å²) in [5, 5.41) is 2.69. The SMILES string of the molecule is COCC(N)C(=O)Nc1cnccc1C. The van der Waals surface area contributed by atoms with Gasteiger partial charge in [-0.1, -0.05) is 0 Å². The minimum Gasteiger partial charge on any atom is -0.383 e. The largest absolute Gasteiger partial charge is 0.383 e. The number of nitrogens with zero attached hydrogens (tertiary/aromatic N) is 1. The average molecular weight is 209 g/mol. The van der Waals surface area contributed by atoms with Crippen LogP contribution < -0.4 is 11.1 Å². The summed E-state index contributed by atoms with van der Waals surface area (Å²) in [5.41, 5.74) is 7.19. The molecule has 0 saturated carbocycles. The van der Waals surface area contributed by atoms with Gasteiger partial charge in [-0.25, -0.2) is 0 Å². The van der Waals surface area contributed by atoms with E-state index in [1.54, 1.807) is 12.4 Å². The highest BCUT2D eigenvalue weighted by molar-refractivity contribution is 5.95. The molecule has 0 aliphatic rings. The number of hydrogen-bond acceptors (Lipinski definition) is 4. The van der Waals surface area contributed by atoms with Gasteiger partial charge in [-0.15, -0.1) is 0 Å². The smallest absolute Gasteiger partial charge is 0.243 e. The maximum absolute atomic E-state index is 11.5. The molecule has 1 unspecified atom stereocenters. The second kappa shape index (κ2) is 5.43. The second-order valence-electron chi connectivity index (χ2n) is 3.24. The van der Waals surface area contributed by atoms with Gasteiger partial charge in [0.2, 0.25) is 5.91 Å². The van der Waals surface area contributed by atoms with E-state index in [1.807, 2.05) is 13.0 Å². The summed E-state index contributed by atoms with van der Waals surface area (Å²) in [6.07, 6.45) is 3.26. The van der Waals surface area contributed by atoms with Gasteiger partial charge in [-0.3, -0.25) is 9.78 Å². The summed E-state index contributed by atoms with van der Waals surface area (Å²) in [6, 6.07) is 1.16. The lowest BCUT2D eigenvalue weighted by atomic mass is 10.2. The minimum atomic E-state index is -0.658. The Bertz CT molecular complexity index is 341. The van der Waals surface area contributed by atoms with Crippen LogP contribution in [0.5, 0.6) is 0 Å². The average Bonchev–Trinajstić information content (AvgIpc) is 2.21. The van der Waals surface area contributed by atoms with Crippen molar-refractivity contribution >= 4 is 11.6 Å². The van der Waals surface area contributed by atoms with Crippen molar-refractivity contribution in [3.05, 3.63) is 24.0 Å². The van der Waals surface area contributed by atoms with Gasteiger partial charge in [0, 0.05) is 13.3 Å². The van der Waals surface area contributed by atoms with Gasteiger partial charge < -0.3 is 15.8 Å². The first-order valence-electron chi connectivity index (χ1n) is 4.61. The van der Waals surface area contributed by atoms with Crippen molar-refractivity contribution in [3.8, 4) is 0 Å². The quantitative estimate of drug-likeness (QED) is 0.747. The Morgan fingerprint density at radius 2 is 2.47 bits per heavy atom. The summed E-state index contributed by atoms with van der Waals surface area (Å²) < 4.78 is 4.79. The molecule has 0 bridgehead atoms. The van der Waals surface area contributed by atoms with E-state index >= 15 is 0 Å². The first kappa shape index (κ1) is 11.6. The van der Waals surface area contributed by atoms with Crippen LogP contribution in [-0.2, 0) is 9.53 Å². The number of nitrogens with one attached hydrogen (secondary N) is 1. The predicted octanol–water partition coefficient (Wildman–Crippen LogP) is 0.302. The van der Waals surface area contributed by atoms with Gasteiger partial charge in [-0.2, -0.15) is 0 Å². The van der Waals surface area contributed by atoms with Gasteiger partial charge in [0.25, 0.3) is 0 Å². The van der Waals surface area contributed by atoms with Crippen molar-refractivity contribution in [2.24, 2.45) is 5.73 Å². The zero-order valence-electron chi connectivity index (χ0n) is 8.86. The van der Waals surface area contributed by atoms with E-state index < -0.39 is 6.04 Å². The standard InChI is InChI=1S/C10H15N3O2/c1-7-3-4-12-5-9(7)13-10(14)8(11)6-15-2/h3-5,8H,6,11H2,1-2H3,(H,13,14). The number of hydrogen-bond donors (Lipinski definition) is 2. The number of amides is 1. The summed E-state index contributed by atoms with van der Waals surface area (Å²) in [7, 11) is 1.50. The molecule has 5 heteroatoms. The minimum absolute atomic E-state index is 0.200. The van der Waals surface area contributed by atoms with Gasteiger partial charge in [0.1, 0.15) is 6.04 Å². The van der Waals surface area contributed by atoms with Crippen molar-refractivity contribution < 1.29 is 9.53 Å². The molecule has 1 heterocycles. The fourth-order valence-corrected chi connectivity index (χ4v) is 1.08. The summed E-state index contributed by atoms with van der Waals surface area (Å²) in [4.78, 5) is 15.4. The Kier molecular flexibility index (Phi) is 4.20. The highest BCUT2D eigenvalue weighted by atomic mass is 16.5. The molecule has 5 nitrogen and oxygen atoms in total. The third kappa shape index (κ3) is 3.30. The van der Waals surface area contributed by atoms with Crippen LogP contribution in [0.25, 0.3) is 0 Å². The van der Waals surface area contributed by atoms with E-state index in [9.17, 15) is 4.79 Å². The molecule has 0 aliphatic heterocycles. The second-order valence-corrected chi connectivity index (χ2v) is 3.24. The van der Waals surface area contributed by atoms with E-state index in [1.165, 1.54) is 7.11 Å². The van der Waals surface area contributed by atoms with Crippen molar-refractivity contribution in [2.75, 3.05) is 19.0 Å². The van der Waals surface area contributed by atoms with Crippen LogP contribution in [0.15, 0.2) is 18.5 Å². The van der Waals surface area contributed by atoms with E-state index in [0.717, 1.165) is 5.56 Å². The Labute approximate surface area is 88.6 Å². The Balaban J connectivity index is 2.62. The highest BCUT2D eigenvalue weighted by Crippen LogP contribution is 2.11. The maximum atomic E-state index is 11.5. The molecule has 1 rings (SSSR count). The van der Waals surface area contributed by atoms with E-state index in [0.29, 0.717) is 5.69 Å². The molecule has 1 amide bonds. The molecular formula is C10H15N3O2. The maximum Gasteiger partial charge on any atom is 0.243 e. The number of rotatable bonds is 4. The number of anilines is 1. The molecule has 1 aromatic rings. The number of methoxy groups -OCH3 is 1. The molecular weight excluding hydrogens is 194 g/mol. The van der Waals surface area contributed by atoms with E-state index in [4.69, 9.17) is 10.5 Å². The summed E-state index contributed by atoms with van der Waals surface area (Å²) in [6.45, 7) is 2.09. The Hall–Kier alpha value is -1.46. The topological polar surface area (TPSA) is 77.2 Å². The van der Waals surface area contributed by atoms with Crippen LogP contribution in [-0.4, -0.2) is 30.6 Å². The van der Waals surface area contributed by atoms with Gasteiger partial charge in [0.15, 0.2) is 0 Å². The lowest BCUT2D eigenvalue weighted by Crippen LogP contribution is -2.39. The summed E-state index contributed by atoms with van der Waals surface area (Å²) >= 11 is 0. The monoisotopic (exact) mass is 209 g/mol. The lowest BCUT2D eigenvalue weighted by Gasteiger charge is -2.12. The van der Waals surface area contributed by atoms with Gasteiger partial charge in [-0.05, 0) is 18.6 Å². The van der Waals surface area contributed by atoms with Crippen molar-refractivity contribution in [1.29, 1.82) is 0 Å². The first-order valence-corrected chi connectivity index (χ1v) is 4.61. The zero-order chi connectivity index (χ0) is 11.3. The zero-order valence-corrected chi connectivity index (χ0v) is 8.86. The van der Waals surface area contributed by atoms with Crippen molar-refractivity contribution in [3.63, 3.8) is 0 Å². The molecule has 1 atom stereocenters. The first-order chi connectivity index (χ1) is 7.15. The van der Waals surface area contributed by atoms with E-state index in [2.05, 4.69) is 10.3 Å². The van der Waals surface area contributed by atoms with Gasteiger partial charge >= 0.3 is 0 Å². The third-order valence-electron chi connectivity index (χ3n) is 1.98. The molecule has 0 spiro atoms. The van der Waals surface area contributed by atoms with Crippen LogP contribution in [0.4, 0.5) is 5.69 Å². The Morgan fingerprint density at radius 3 is 3.07 bits per heavy atom. The van der Waals surface area contributed by atoms with E-state index in [-0.39, 0.29) is 12.5 Å². The lowest BCUT2D eigenvalue weighted by molar-refractivity contribution is -0.118. The molecule has 1 aromatic heterocycles. The number of pyridine rings is 1. The van der Waals surface area contributed by atoms with Crippen molar-refractivity contribution in [1.82, 2.24) is 4.98 Å². The van der Waals surface area contributed by atoms with Crippen molar-refractivity contribution in [2.45, 2.75) is 13.0 Å². The molecule has 82 valence electrons. The van der Waals surface area contributed by atoms with Gasteiger partial charge in [0.05, 0.1) is 18.5 Å². The number of aryl methyl sites for hydroxylation is 1. The molecule has 0 saturated heterocycles.